The van der Waals surface area contributed by atoms with Gasteiger partial charge in [0, 0.05) is 18.8 Å². The number of carbonyl (C=O) groups excluding carboxylic acids is 1. The van der Waals surface area contributed by atoms with Crippen LogP contribution in [0.4, 0.5) is 10.8 Å². The molecule has 0 radical (unpaired) electrons. The topological polar surface area (TPSA) is 76.1 Å². The molecule has 19 heavy (non-hydrogen) atoms. The zero-order chi connectivity index (χ0) is 13.7. The van der Waals surface area contributed by atoms with Crippen molar-refractivity contribution in [3.8, 4) is 5.75 Å². The molecule has 0 spiro atoms. The maximum atomic E-state index is 11.9. The number of carbonyl (C=O) groups is 1. The van der Waals surface area contributed by atoms with Gasteiger partial charge in [0.15, 0.2) is 0 Å². The first-order chi connectivity index (χ1) is 9.22. The Bertz CT molecular complexity index is 570. The van der Waals surface area contributed by atoms with Gasteiger partial charge >= 0.3 is 0 Å². The molecule has 0 saturated heterocycles. The highest BCUT2D eigenvalue weighted by atomic mass is 32.1. The first-order valence-electron chi connectivity index (χ1n) is 5.78. The number of aromatic nitrogens is 2. The molecule has 1 heterocycles. The molecule has 1 aromatic carbocycles. The lowest BCUT2D eigenvalue weighted by molar-refractivity contribution is 0.102. The summed E-state index contributed by atoms with van der Waals surface area (Å²) in [6, 6.07) is 7.21. The molecule has 0 aliphatic rings. The number of nitrogens with zero attached hydrogens (tertiary/aromatic N) is 2. The van der Waals surface area contributed by atoms with Crippen molar-refractivity contribution < 1.29 is 9.53 Å². The van der Waals surface area contributed by atoms with Gasteiger partial charge in [-0.3, -0.25) is 4.79 Å². The Morgan fingerprint density at radius 1 is 1.42 bits per heavy atom. The summed E-state index contributed by atoms with van der Waals surface area (Å²) < 4.78 is 5.37. The van der Waals surface area contributed by atoms with Gasteiger partial charge in [0.25, 0.3) is 5.91 Å². The van der Waals surface area contributed by atoms with Crippen LogP contribution in [0.25, 0.3) is 0 Å². The van der Waals surface area contributed by atoms with Gasteiger partial charge in [0.05, 0.1) is 6.61 Å². The SMILES string of the molecule is CCOc1cccc(NC(=O)c2nnc(NC)s2)c1. The van der Waals surface area contributed by atoms with E-state index in [4.69, 9.17) is 4.74 Å². The van der Waals surface area contributed by atoms with Crippen molar-refractivity contribution in [2.75, 3.05) is 24.3 Å². The van der Waals surface area contributed by atoms with E-state index in [0.29, 0.717) is 28.2 Å². The molecule has 7 heteroatoms. The van der Waals surface area contributed by atoms with E-state index in [1.165, 1.54) is 11.3 Å². The van der Waals surface area contributed by atoms with Gasteiger partial charge in [0.1, 0.15) is 5.75 Å². The lowest BCUT2D eigenvalue weighted by Crippen LogP contribution is -2.11. The van der Waals surface area contributed by atoms with Crippen LogP contribution in [0.2, 0.25) is 0 Å². The van der Waals surface area contributed by atoms with Gasteiger partial charge in [-0.1, -0.05) is 17.4 Å². The molecule has 0 unspecified atom stereocenters. The summed E-state index contributed by atoms with van der Waals surface area (Å²) >= 11 is 1.20. The van der Waals surface area contributed by atoms with E-state index in [-0.39, 0.29) is 5.91 Å². The van der Waals surface area contributed by atoms with E-state index < -0.39 is 0 Å². The third-order valence-corrected chi connectivity index (χ3v) is 3.18. The maximum absolute atomic E-state index is 11.9. The van der Waals surface area contributed by atoms with Crippen LogP contribution in [0.5, 0.6) is 5.75 Å². The number of rotatable bonds is 5. The first-order valence-corrected chi connectivity index (χ1v) is 6.60. The molecule has 1 aromatic heterocycles. The number of nitrogens with one attached hydrogen (secondary N) is 2. The van der Waals surface area contributed by atoms with Crippen LogP contribution >= 0.6 is 11.3 Å². The Balaban J connectivity index is 2.07. The number of hydrogen-bond donors (Lipinski definition) is 2. The van der Waals surface area contributed by atoms with Crippen LogP contribution in [-0.2, 0) is 0 Å². The predicted octanol–water partition coefficient (Wildman–Crippen LogP) is 2.23. The third kappa shape index (κ3) is 3.41. The minimum Gasteiger partial charge on any atom is -0.494 e. The lowest BCUT2D eigenvalue weighted by atomic mass is 10.3. The van der Waals surface area contributed by atoms with Gasteiger partial charge in [0.2, 0.25) is 10.1 Å². The van der Waals surface area contributed by atoms with E-state index in [1.807, 2.05) is 19.1 Å². The normalized spacial score (nSPS) is 10.0. The summed E-state index contributed by atoms with van der Waals surface area (Å²) in [6.45, 7) is 2.49. The Hall–Kier alpha value is -2.15. The molecule has 0 atom stereocenters. The summed E-state index contributed by atoms with van der Waals surface area (Å²) in [7, 11) is 1.73. The van der Waals surface area contributed by atoms with Crippen molar-refractivity contribution in [1.82, 2.24) is 10.2 Å². The third-order valence-electron chi connectivity index (χ3n) is 2.24. The summed E-state index contributed by atoms with van der Waals surface area (Å²) in [5.41, 5.74) is 0.664. The van der Waals surface area contributed by atoms with Crippen LogP contribution in [0.1, 0.15) is 16.7 Å². The molecule has 0 aliphatic heterocycles. The second kappa shape index (κ2) is 6.14. The molecule has 0 aliphatic carbocycles. The lowest BCUT2D eigenvalue weighted by Gasteiger charge is -2.06. The number of benzene rings is 1. The molecule has 0 bridgehead atoms. The van der Waals surface area contributed by atoms with E-state index >= 15 is 0 Å². The highest BCUT2D eigenvalue weighted by Gasteiger charge is 2.12. The van der Waals surface area contributed by atoms with Crippen molar-refractivity contribution in [1.29, 1.82) is 0 Å². The quantitative estimate of drug-likeness (QED) is 0.877. The molecular weight excluding hydrogens is 264 g/mol. The fourth-order valence-corrected chi connectivity index (χ4v) is 2.02. The molecule has 6 nitrogen and oxygen atoms in total. The van der Waals surface area contributed by atoms with Crippen LogP contribution in [0.15, 0.2) is 24.3 Å². The standard InChI is InChI=1S/C12H14N4O2S/c1-3-18-9-6-4-5-8(7-9)14-10(17)11-15-16-12(13-2)19-11/h4-7H,3H2,1-2H3,(H,13,16)(H,14,17). The van der Waals surface area contributed by atoms with Crippen molar-refractivity contribution in [2.24, 2.45) is 0 Å². The number of hydrogen-bond acceptors (Lipinski definition) is 6. The second-order valence-electron chi connectivity index (χ2n) is 3.58. The van der Waals surface area contributed by atoms with E-state index in [0.717, 1.165) is 0 Å². The summed E-state index contributed by atoms with van der Waals surface area (Å²) in [4.78, 5) is 11.9. The van der Waals surface area contributed by atoms with Crippen molar-refractivity contribution >= 4 is 28.1 Å². The molecule has 1 amide bonds. The average molecular weight is 278 g/mol. The van der Waals surface area contributed by atoms with Crippen LogP contribution in [0.3, 0.4) is 0 Å². The van der Waals surface area contributed by atoms with E-state index in [2.05, 4.69) is 20.8 Å². The summed E-state index contributed by atoms with van der Waals surface area (Å²) in [5.74, 6) is 0.432. The Morgan fingerprint density at radius 2 is 2.26 bits per heavy atom. The highest BCUT2D eigenvalue weighted by molar-refractivity contribution is 7.17. The molecule has 0 fully saturated rings. The minimum absolute atomic E-state index is 0.285. The van der Waals surface area contributed by atoms with Gasteiger partial charge in [-0.05, 0) is 19.1 Å². The van der Waals surface area contributed by atoms with Crippen LogP contribution in [0, 0.1) is 0 Å². The summed E-state index contributed by atoms with van der Waals surface area (Å²) in [5, 5.41) is 14.1. The Kier molecular flexibility index (Phi) is 4.30. The predicted molar refractivity (Wildman–Crippen MR) is 75.0 cm³/mol. The Morgan fingerprint density at radius 3 is 2.95 bits per heavy atom. The number of anilines is 2. The van der Waals surface area contributed by atoms with Crippen LogP contribution < -0.4 is 15.4 Å². The van der Waals surface area contributed by atoms with Crippen molar-refractivity contribution in [3.63, 3.8) is 0 Å². The zero-order valence-corrected chi connectivity index (χ0v) is 11.5. The van der Waals surface area contributed by atoms with Gasteiger partial charge < -0.3 is 15.4 Å². The smallest absolute Gasteiger partial charge is 0.286 e. The molecule has 100 valence electrons. The maximum Gasteiger partial charge on any atom is 0.286 e. The largest absolute Gasteiger partial charge is 0.494 e. The summed E-state index contributed by atoms with van der Waals surface area (Å²) in [6.07, 6.45) is 0. The molecule has 0 saturated carbocycles. The first kappa shape index (κ1) is 13.3. The minimum atomic E-state index is -0.285. The van der Waals surface area contributed by atoms with E-state index in [1.54, 1.807) is 19.2 Å². The average Bonchev–Trinajstić information content (AvgIpc) is 2.88. The molecule has 2 aromatic rings. The second-order valence-corrected chi connectivity index (χ2v) is 4.55. The fraction of sp³-hybridized carbons (Fsp3) is 0.250. The highest BCUT2D eigenvalue weighted by Crippen LogP contribution is 2.19. The number of ether oxygens (including phenoxy) is 1. The molecular formula is C12H14N4O2S. The Labute approximate surface area is 114 Å². The molecule has 2 N–H and O–H groups in total. The number of amides is 1. The molecule has 2 rings (SSSR count). The van der Waals surface area contributed by atoms with Gasteiger partial charge in [-0.2, -0.15) is 0 Å². The van der Waals surface area contributed by atoms with Crippen molar-refractivity contribution in [3.05, 3.63) is 29.3 Å². The monoisotopic (exact) mass is 278 g/mol. The fourth-order valence-electron chi connectivity index (χ4n) is 1.43. The van der Waals surface area contributed by atoms with Crippen LogP contribution in [-0.4, -0.2) is 29.8 Å². The van der Waals surface area contributed by atoms with E-state index in [9.17, 15) is 4.79 Å². The zero-order valence-electron chi connectivity index (χ0n) is 10.6. The van der Waals surface area contributed by atoms with Gasteiger partial charge in [-0.15, -0.1) is 10.2 Å². The van der Waals surface area contributed by atoms with Crippen molar-refractivity contribution in [2.45, 2.75) is 6.92 Å². The van der Waals surface area contributed by atoms with Gasteiger partial charge in [-0.25, -0.2) is 0 Å².